The van der Waals surface area contributed by atoms with E-state index in [1.807, 2.05) is 24.3 Å². The first kappa shape index (κ1) is 51.5. The Kier molecular flexibility index (Phi) is 12.8. The maximum Gasteiger partial charge on any atom is 0.140 e. The number of pyridine rings is 1. The minimum Gasteiger partial charge on any atom is -0.501 e. The Morgan fingerprint density at radius 2 is 1.30 bits per heavy atom. The molecule has 1 aliphatic rings. The Morgan fingerprint density at radius 1 is 0.592 bits per heavy atom. The Labute approximate surface area is 462 Å². The zero-order chi connectivity index (χ0) is 52.5. The van der Waals surface area contributed by atoms with Crippen LogP contribution in [0.25, 0.3) is 105 Å². The molecule has 7 heteroatoms. The topological polar surface area (TPSA) is 57.0 Å². The molecule has 0 amide bonds. The standard InChI is InChI=1S/C52H45N2O2.C17H22NSi.Ir/c1-28(2)36-25-39-33-16-11-12-19-42(33)55-49(39)44(29(3)4)46(36)54-47-41(23-22-40-45(47)52(7,8)27-51(40,5)6)53-50(54)35-18-13-17-34-38-24-31-21-20-30-14-9-10-15-32(30)37(31)26-43(38)56-48(34)35;1-13(2)15-11-16(14-9-7-6-8-10-14)18-12-17(15)19(3,4)5;/h9-17,19-26,28-29H,27H2,1-8H3;6-9,11-13H,1-5H3;/q2*-1;. The van der Waals surface area contributed by atoms with E-state index in [4.69, 9.17) is 13.8 Å². The molecule has 13 rings (SSSR count). The molecule has 5 nitrogen and oxygen atoms in total. The summed E-state index contributed by atoms with van der Waals surface area (Å²) in [6, 6.07) is 54.4. The smallest absolute Gasteiger partial charge is 0.140 e. The van der Waals surface area contributed by atoms with E-state index in [1.54, 1.807) is 0 Å². The van der Waals surface area contributed by atoms with Crippen molar-refractivity contribution in [3.05, 3.63) is 180 Å². The van der Waals surface area contributed by atoms with Gasteiger partial charge in [-0.05, 0) is 114 Å². The third kappa shape index (κ3) is 8.36. The molecule has 12 aromatic rings. The normalized spacial score (nSPS) is 14.3. The van der Waals surface area contributed by atoms with E-state index < -0.39 is 8.07 Å². The SMILES string of the molecule is CC(C)c1cc(-c2[c-]cccc2)ncc1[Si](C)(C)C.CC(C)c1cc2c(oc3ccccc32)c(C(C)C)c1-n1c(-c2[c-]ccc3c2oc2cc4c(ccc5ccccc54)cc23)nc2ccc3c(c21)C(C)(C)CC3(C)C.[Ir]. The number of imidazole rings is 1. The fourth-order valence-corrected chi connectivity index (χ4v) is 14.6. The molecule has 76 heavy (non-hydrogen) atoms. The average molecular weight is 1190 g/mol. The fourth-order valence-electron chi connectivity index (χ4n) is 12.9. The first-order chi connectivity index (χ1) is 35.8. The van der Waals surface area contributed by atoms with Gasteiger partial charge in [-0.25, -0.2) is 0 Å². The summed E-state index contributed by atoms with van der Waals surface area (Å²) in [4.78, 5) is 10.3. The van der Waals surface area contributed by atoms with E-state index >= 15 is 0 Å². The average Bonchev–Trinajstić information content (AvgIpc) is 4.20. The van der Waals surface area contributed by atoms with Crippen molar-refractivity contribution in [1.82, 2.24) is 14.5 Å². The van der Waals surface area contributed by atoms with Crippen molar-refractivity contribution >= 4 is 89.7 Å². The van der Waals surface area contributed by atoms with Gasteiger partial charge in [-0.3, -0.25) is 4.98 Å². The van der Waals surface area contributed by atoms with E-state index in [1.165, 1.54) is 65.5 Å². The monoisotopic (exact) mass is 1190 g/mol. The van der Waals surface area contributed by atoms with Crippen LogP contribution in [0.1, 0.15) is 121 Å². The Bertz CT molecular complexity index is 4240. The molecule has 0 fully saturated rings. The van der Waals surface area contributed by atoms with Crippen molar-refractivity contribution in [2.75, 3.05) is 0 Å². The summed E-state index contributed by atoms with van der Waals surface area (Å²) in [5, 5.41) is 10.8. The zero-order valence-electron chi connectivity index (χ0n) is 46.2. The summed E-state index contributed by atoms with van der Waals surface area (Å²) < 4.78 is 16.4. The second-order valence-corrected chi connectivity index (χ2v) is 29.5. The molecule has 0 spiro atoms. The van der Waals surface area contributed by atoms with Crippen LogP contribution in [-0.2, 0) is 30.9 Å². The van der Waals surface area contributed by atoms with Crippen LogP contribution < -0.4 is 5.19 Å². The summed E-state index contributed by atoms with van der Waals surface area (Å²) in [5.74, 6) is 1.76. The van der Waals surface area contributed by atoms with Gasteiger partial charge in [0, 0.05) is 53.7 Å². The van der Waals surface area contributed by atoms with E-state index in [-0.39, 0.29) is 42.8 Å². The van der Waals surface area contributed by atoms with Crippen LogP contribution in [-0.4, -0.2) is 22.6 Å². The number of fused-ring (bicyclic) bond motifs is 12. The minimum absolute atomic E-state index is 0. The number of hydrogen-bond donors (Lipinski definition) is 0. The molecule has 0 atom stereocenters. The van der Waals surface area contributed by atoms with Gasteiger partial charge in [0.15, 0.2) is 0 Å². The number of rotatable bonds is 7. The Hall–Kier alpha value is -6.63. The maximum atomic E-state index is 7.01. The number of nitrogens with zero attached hydrogens (tertiary/aromatic N) is 3. The van der Waals surface area contributed by atoms with E-state index in [2.05, 4.69) is 226 Å². The molecule has 1 aliphatic carbocycles. The molecule has 4 aromatic heterocycles. The molecule has 0 unspecified atom stereocenters. The minimum atomic E-state index is -1.34. The third-order valence-electron chi connectivity index (χ3n) is 16.1. The van der Waals surface area contributed by atoms with Crippen molar-refractivity contribution in [3.63, 3.8) is 0 Å². The van der Waals surface area contributed by atoms with Gasteiger partial charge < -0.3 is 18.4 Å². The summed E-state index contributed by atoms with van der Waals surface area (Å²) >= 11 is 0. The molecule has 0 aliphatic heterocycles. The number of benzene rings is 8. The van der Waals surface area contributed by atoms with E-state index in [9.17, 15) is 0 Å². The Balaban J connectivity index is 0.000000262. The summed E-state index contributed by atoms with van der Waals surface area (Å²) in [6.45, 7) is 30.5. The predicted molar refractivity (Wildman–Crippen MR) is 319 cm³/mol. The molecular formula is C69H67IrN3O2Si-2. The Morgan fingerprint density at radius 3 is 2.03 bits per heavy atom. The first-order valence-electron chi connectivity index (χ1n) is 27.0. The van der Waals surface area contributed by atoms with Crippen LogP contribution in [0.2, 0.25) is 19.6 Å². The largest absolute Gasteiger partial charge is 0.501 e. The number of aromatic nitrogens is 3. The van der Waals surface area contributed by atoms with Gasteiger partial charge in [0.2, 0.25) is 0 Å². The molecule has 0 N–H and O–H groups in total. The van der Waals surface area contributed by atoms with Gasteiger partial charge in [0.05, 0.1) is 30.5 Å². The van der Waals surface area contributed by atoms with E-state index in [0.717, 1.165) is 78.8 Å². The summed E-state index contributed by atoms with van der Waals surface area (Å²) in [5.41, 5.74) is 16.5. The predicted octanol–water partition coefficient (Wildman–Crippen LogP) is 19.0. The number of furan rings is 2. The molecule has 0 saturated carbocycles. The van der Waals surface area contributed by atoms with Gasteiger partial charge in [-0.15, -0.1) is 54.1 Å². The quantitative estimate of drug-likeness (QED) is 0.0906. The van der Waals surface area contributed by atoms with Crippen molar-refractivity contribution in [2.24, 2.45) is 0 Å². The molecule has 8 aromatic carbocycles. The van der Waals surface area contributed by atoms with Crippen molar-refractivity contribution in [1.29, 1.82) is 0 Å². The number of hydrogen-bond acceptors (Lipinski definition) is 4. The van der Waals surface area contributed by atoms with Crippen molar-refractivity contribution in [2.45, 2.75) is 124 Å². The first-order valence-corrected chi connectivity index (χ1v) is 30.5. The summed E-state index contributed by atoms with van der Waals surface area (Å²) in [6.07, 6.45) is 3.15. The second-order valence-electron chi connectivity index (χ2n) is 24.5. The molecular weight excluding hydrogens is 1120 g/mol. The summed E-state index contributed by atoms with van der Waals surface area (Å²) in [7, 11) is -1.34. The molecule has 1 radical (unpaired) electrons. The molecule has 0 bridgehead atoms. The maximum absolute atomic E-state index is 7.01. The van der Waals surface area contributed by atoms with Gasteiger partial charge in [0.25, 0.3) is 0 Å². The fraction of sp³-hybridized carbons (Fsp3) is 0.275. The van der Waals surface area contributed by atoms with Crippen LogP contribution in [0.3, 0.4) is 0 Å². The molecule has 4 heterocycles. The van der Waals surface area contributed by atoms with Gasteiger partial charge in [-0.2, -0.15) is 0 Å². The van der Waals surface area contributed by atoms with Gasteiger partial charge in [-0.1, -0.05) is 172 Å². The van der Waals surface area contributed by atoms with Crippen molar-refractivity contribution in [3.8, 4) is 28.3 Å². The van der Waals surface area contributed by atoms with Crippen LogP contribution in [0.15, 0.2) is 148 Å². The van der Waals surface area contributed by atoms with Crippen LogP contribution >= 0.6 is 0 Å². The zero-order valence-corrected chi connectivity index (χ0v) is 49.6. The van der Waals surface area contributed by atoms with Crippen molar-refractivity contribution < 1.29 is 28.9 Å². The van der Waals surface area contributed by atoms with Gasteiger partial charge in [0.1, 0.15) is 16.7 Å². The second kappa shape index (κ2) is 18.8. The van der Waals surface area contributed by atoms with Crippen LogP contribution in [0.5, 0.6) is 0 Å². The van der Waals surface area contributed by atoms with Gasteiger partial charge >= 0.3 is 0 Å². The number of para-hydroxylation sites is 1. The van der Waals surface area contributed by atoms with Crippen LogP contribution in [0, 0.1) is 12.1 Å². The molecule has 385 valence electrons. The third-order valence-corrected chi connectivity index (χ3v) is 18.1. The van der Waals surface area contributed by atoms with E-state index in [0.29, 0.717) is 5.92 Å². The van der Waals surface area contributed by atoms with Crippen LogP contribution in [0.4, 0.5) is 0 Å². The molecule has 0 saturated heterocycles.